The molecule has 2 rings (SSSR count). The number of benzene rings is 1. The van der Waals surface area contributed by atoms with Gasteiger partial charge in [0.15, 0.2) is 0 Å². The van der Waals surface area contributed by atoms with Crippen molar-refractivity contribution in [1.82, 2.24) is 4.90 Å². The Morgan fingerprint density at radius 2 is 1.83 bits per heavy atom. The number of carbonyl (C=O) groups is 1. The topological polar surface area (TPSA) is 60.8 Å². The van der Waals surface area contributed by atoms with Gasteiger partial charge < -0.3 is 14.9 Å². The number of piperidine rings is 1. The zero-order chi connectivity index (χ0) is 13.1. The van der Waals surface area contributed by atoms with Gasteiger partial charge in [-0.15, -0.1) is 0 Å². The van der Waals surface area contributed by atoms with Crippen LogP contribution in [0.2, 0.25) is 0 Å². The van der Waals surface area contributed by atoms with Gasteiger partial charge in [0.2, 0.25) is 0 Å². The van der Waals surface area contributed by atoms with E-state index in [0.717, 1.165) is 31.4 Å². The van der Waals surface area contributed by atoms with Crippen LogP contribution < -0.4 is 5.46 Å². The highest BCUT2D eigenvalue weighted by Gasteiger charge is 2.21. The fourth-order valence-electron chi connectivity index (χ4n) is 2.16. The van der Waals surface area contributed by atoms with Crippen LogP contribution in [0.3, 0.4) is 0 Å². The predicted molar refractivity (Wildman–Crippen MR) is 66.0 cm³/mol. The van der Waals surface area contributed by atoms with E-state index in [2.05, 4.69) is 0 Å². The molecule has 1 amide bonds. The zero-order valence-electron chi connectivity index (χ0n) is 9.97. The standard InChI is InChI=1S/C12H15BFNO3/c14-11-7-9(6-10(8-11)13(17)18)12(16)15-4-2-1-3-5-15/h6-8,17-18H,1-5H2. The van der Waals surface area contributed by atoms with Gasteiger partial charge in [-0.05, 0) is 42.9 Å². The van der Waals surface area contributed by atoms with Crippen LogP contribution in [0.1, 0.15) is 29.6 Å². The third-order valence-electron chi connectivity index (χ3n) is 3.11. The number of likely N-dealkylation sites (tertiary alicyclic amines) is 1. The predicted octanol–water partition coefficient (Wildman–Crippen LogP) is 0.132. The molecule has 1 aliphatic rings. The normalized spacial score (nSPS) is 15.6. The van der Waals surface area contributed by atoms with Gasteiger partial charge in [-0.1, -0.05) is 0 Å². The van der Waals surface area contributed by atoms with E-state index in [-0.39, 0.29) is 16.9 Å². The lowest BCUT2D eigenvalue weighted by atomic mass is 9.79. The maximum atomic E-state index is 13.3. The number of carbonyl (C=O) groups excluding carboxylic acids is 1. The van der Waals surface area contributed by atoms with Crippen LogP contribution in [0.5, 0.6) is 0 Å². The minimum absolute atomic E-state index is 0.00430. The Morgan fingerprint density at radius 1 is 1.17 bits per heavy atom. The third-order valence-corrected chi connectivity index (χ3v) is 3.11. The molecule has 1 fully saturated rings. The molecule has 6 heteroatoms. The summed E-state index contributed by atoms with van der Waals surface area (Å²) in [5, 5.41) is 18.1. The molecule has 0 aromatic heterocycles. The molecule has 0 saturated carbocycles. The summed E-state index contributed by atoms with van der Waals surface area (Å²) in [5.41, 5.74) is 0.162. The van der Waals surface area contributed by atoms with Crippen LogP contribution in [0.25, 0.3) is 0 Å². The van der Waals surface area contributed by atoms with Gasteiger partial charge >= 0.3 is 7.12 Å². The molecule has 2 N–H and O–H groups in total. The van der Waals surface area contributed by atoms with Crippen molar-refractivity contribution in [2.24, 2.45) is 0 Å². The zero-order valence-corrected chi connectivity index (χ0v) is 9.97. The summed E-state index contributed by atoms with van der Waals surface area (Å²) < 4.78 is 13.3. The summed E-state index contributed by atoms with van der Waals surface area (Å²) in [7, 11) is -1.77. The maximum absolute atomic E-state index is 13.3. The lowest BCUT2D eigenvalue weighted by Crippen LogP contribution is -2.37. The largest absolute Gasteiger partial charge is 0.488 e. The van der Waals surface area contributed by atoms with E-state index >= 15 is 0 Å². The second kappa shape index (κ2) is 5.50. The molecule has 18 heavy (non-hydrogen) atoms. The number of hydrogen-bond acceptors (Lipinski definition) is 3. The fourth-order valence-corrected chi connectivity index (χ4v) is 2.16. The van der Waals surface area contributed by atoms with Crippen LogP contribution in [0.4, 0.5) is 4.39 Å². The second-order valence-corrected chi connectivity index (χ2v) is 4.50. The Balaban J connectivity index is 2.23. The van der Waals surface area contributed by atoms with Crippen LogP contribution >= 0.6 is 0 Å². The van der Waals surface area contributed by atoms with Gasteiger partial charge in [-0.25, -0.2) is 4.39 Å². The molecule has 0 radical (unpaired) electrons. The summed E-state index contributed by atoms with van der Waals surface area (Å²) in [5.74, 6) is -0.892. The molecule has 0 atom stereocenters. The first-order valence-corrected chi connectivity index (χ1v) is 6.04. The van der Waals surface area contributed by atoms with E-state index in [1.54, 1.807) is 4.90 Å². The van der Waals surface area contributed by atoms with Crippen molar-refractivity contribution in [2.75, 3.05) is 13.1 Å². The Bertz CT molecular complexity index is 447. The number of rotatable bonds is 2. The Kier molecular flexibility index (Phi) is 3.99. The average Bonchev–Trinajstić information content (AvgIpc) is 2.38. The van der Waals surface area contributed by atoms with Gasteiger partial charge in [0.1, 0.15) is 5.82 Å². The van der Waals surface area contributed by atoms with Crippen molar-refractivity contribution in [3.63, 3.8) is 0 Å². The average molecular weight is 251 g/mol. The van der Waals surface area contributed by atoms with Crippen molar-refractivity contribution in [2.45, 2.75) is 19.3 Å². The van der Waals surface area contributed by atoms with Crippen molar-refractivity contribution >= 4 is 18.5 Å². The van der Waals surface area contributed by atoms with Gasteiger partial charge in [-0.3, -0.25) is 4.79 Å². The molecule has 96 valence electrons. The molecule has 1 aliphatic heterocycles. The van der Waals surface area contributed by atoms with Gasteiger partial charge in [0.25, 0.3) is 5.91 Å². The Morgan fingerprint density at radius 3 is 2.44 bits per heavy atom. The minimum atomic E-state index is -1.77. The van der Waals surface area contributed by atoms with Crippen molar-refractivity contribution in [3.05, 3.63) is 29.6 Å². The van der Waals surface area contributed by atoms with Gasteiger partial charge in [0, 0.05) is 18.7 Å². The fraction of sp³-hybridized carbons (Fsp3) is 0.417. The van der Waals surface area contributed by atoms with Crippen LogP contribution in [-0.2, 0) is 0 Å². The van der Waals surface area contributed by atoms with Crippen LogP contribution in [-0.4, -0.2) is 41.1 Å². The summed E-state index contributed by atoms with van der Waals surface area (Å²) in [6, 6.07) is 3.46. The van der Waals surface area contributed by atoms with Gasteiger partial charge in [0.05, 0.1) is 0 Å². The lowest BCUT2D eigenvalue weighted by Gasteiger charge is -2.26. The first-order chi connectivity index (χ1) is 8.58. The first-order valence-electron chi connectivity index (χ1n) is 6.04. The quantitative estimate of drug-likeness (QED) is 0.734. The molecule has 1 heterocycles. The van der Waals surface area contributed by atoms with Crippen LogP contribution in [0.15, 0.2) is 18.2 Å². The van der Waals surface area contributed by atoms with Crippen molar-refractivity contribution < 1.29 is 19.2 Å². The number of hydrogen-bond donors (Lipinski definition) is 2. The second-order valence-electron chi connectivity index (χ2n) is 4.50. The number of amides is 1. The monoisotopic (exact) mass is 251 g/mol. The molecule has 0 unspecified atom stereocenters. The Hall–Kier alpha value is -1.40. The third kappa shape index (κ3) is 2.89. The SMILES string of the molecule is O=C(c1cc(F)cc(B(O)O)c1)N1CCCCC1. The molecule has 0 spiro atoms. The van der Waals surface area contributed by atoms with Gasteiger partial charge in [-0.2, -0.15) is 0 Å². The molecule has 1 aromatic rings. The number of nitrogens with zero attached hydrogens (tertiary/aromatic N) is 1. The van der Waals surface area contributed by atoms with E-state index in [1.165, 1.54) is 6.07 Å². The van der Waals surface area contributed by atoms with E-state index < -0.39 is 12.9 Å². The number of halogens is 1. The maximum Gasteiger partial charge on any atom is 0.488 e. The smallest absolute Gasteiger partial charge is 0.423 e. The highest BCUT2D eigenvalue weighted by atomic mass is 19.1. The van der Waals surface area contributed by atoms with E-state index in [0.29, 0.717) is 13.1 Å². The molecule has 0 aliphatic carbocycles. The van der Waals surface area contributed by atoms with Crippen molar-refractivity contribution in [1.29, 1.82) is 0 Å². The molecular weight excluding hydrogens is 236 g/mol. The first kappa shape index (κ1) is 13.0. The highest BCUT2D eigenvalue weighted by molar-refractivity contribution is 6.58. The minimum Gasteiger partial charge on any atom is -0.423 e. The summed E-state index contributed by atoms with van der Waals surface area (Å²) in [4.78, 5) is 13.8. The van der Waals surface area contributed by atoms with E-state index in [9.17, 15) is 9.18 Å². The molecular formula is C12H15BFNO3. The molecule has 4 nitrogen and oxygen atoms in total. The van der Waals surface area contributed by atoms with Crippen molar-refractivity contribution in [3.8, 4) is 0 Å². The summed E-state index contributed by atoms with van der Waals surface area (Å²) in [6.07, 6.45) is 3.01. The van der Waals surface area contributed by atoms with E-state index in [4.69, 9.17) is 10.0 Å². The molecule has 0 bridgehead atoms. The highest BCUT2D eigenvalue weighted by Crippen LogP contribution is 2.13. The Labute approximate surface area is 105 Å². The van der Waals surface area contributed by atoms with E-state index in [1.807, 2.05) is 0 Å². The van der Waals surface area contributed by atoms with Crippen LogP contribution in [0, 0.1) is 5.82 Å². The summed E-state index contributed by atoms with van der Waals surface area (Å²) in [6.45, 7) is 1.35. The summed E-state index contributed by atoms with van der Waals surface area (Å²) >= 11 is 0. The molecule has 1 saturated heterocycles. The molecule has 1 aromatic carbocycles. The lowest BCUT2D eigenvalue weighted by molar-refractivity contribution is 0.0724.